The first-order chi connectivity index (χ1) is 13.9. The summed E-state index contributed by atoms with van der Waals surface area (Å²) in [7, 11) is 1.33. The second kappa shape index (κ2) is 7.89. The van der Waals surface area contributed by atoms with Crippen LogP contribution in [0.4, 0.5) is 15.8 Å². The standard InChI is InChI=1S/C21H18ClFN2O2S2/c1-11-3-4-12-9-13(23)5-8-16(12)25(11)21(28)24-14-6-7-15-17(10-14)29-19(18(15)22)20(26)27-2/h5-11H,3-4H2,1-2H3,(H,24,28). The number of halogens is 2. The molecule has 0 aliphatic carbocycles. The third-order valence-electron chi connectivity index (χ3n) is 5.04. The van der Waals surface area contributed by atoms with Crippen LogP contribution < -0.4 is 10.2 Å². The molecular weight excluding hydrogens is 431 g/mol. The predicted molar refractivity (Wildman–Crippen MR) is 121 cm³/mol. The second-order valence-corrected chi connectivity index (χ2v) is 8.73. The summed E-state index contributed by atoms with van der Waals surface area (Å²) in [5, 5.41) is 5.00. The summed E-state index contributed by atoms with van der Waals surface area (Å²) in [6.45, 7) is 2.10. The van der Waals surface area contributed by atoms with Crippen LogP contribution >= 0.6 is 35.2 Å². The number of anilines is 2. The second-order valence-electron chi connectivity index (χ2n) is 6.91. The van der Waals surface area contributed by atoms with Crippen LogP contribution in [0, 0.1) is 5.82 Å². The van der Waals surface area contributed by atoms with Crippen LogP contribution in [-0.4, -0.2) is 24.2 Å². The number of hydrogen-bond acceptors (Lipinski definition) is 4. The third kappa shape index (κ3) is 3.70. The van der Waals surface area contributed by atoms with Crippen molar-refractivity contribution in [2.24, 2.45) is 0 Å². The number of hydrogen-bond donors (Lipinski definition) is 1. The predicted octanol–water partition coefficient (Wildman–Crippen LogP) is 6.02. The first-order valence-corrected chi connectivity index (χ1v) is 10.7. The van der Waals surface area contributed by atoms with E-state index in [-0.39, 0.29) is 11.9 Å². The summed E-state index contributed by atoms with van der Waals surface area (Å²) in [6.07, 6.45) is 1.71. The number of nitrogens with one attached hydrogen (secondary N) is 1. The van der Waals surface area contributed by atoms with Crippen molar-refractivity contribution in [3.8, 4) is 0 Å². The van der Waals surface area contributed by atoms with E-state index in [0.717, 1.165) is 39.9 Å². The maximum atomic E-state index is 13.6. The van der Waals surface area contributed by atoms with Gasteiger partial charge < -0.3 is 15.0 Å². The monoisotopic (exact) mass is 448 g/mol. The molecule has 3 aromatic rings. The fourth-order valence-corrected chi connectivity index (χ4v) is 5.44. The van der Waals surface area contributed by atoms with Crippen molar-refractivity contribution in [2.45, 2.75) is 25.8 Å². The van der Waals surface area contributed by atoms with Gasteiger partial charge in [0.1, 0.15) is 10.7 Å². The van der Waals surface area contributed by atoms with E-state index in [4.69, 9.17) is 28.6 Å². The fraction of sp³-hybridized carbons (Fsp3) is 0.238. The molecule has 0 radical (unpaired) electrons. The van der Waals surface area contributed by atoms with E-state index in [1.54, 1.807) is 12.1 Å². The molecule has 0 saturated carbocycles. The minimum Gasteiger partial charge on any atom is -0.465 e. The molecule has 1 aromatic heterocycles. The van der Waals surface area contributed by atoms with Gasteiger partial charge in [0.2, 0.25) is 0 Å². The fourth-order valence-electron chi connectivity index (χ4n) is 3.58. The van der Waals surface area contributed by atoms with Crippen molar-refractivity contribution < 1.29 is 13.9 Å². The molecule has 2 aromatic carbocycles. The molecule has 8 heteroatoms. The lowest BCUT2D eigenvalue weighted by Crippen LogP contribution is -2.44. The first kappa shape index (κ1) is 20.1. The number of carbonyl (C=O) groups is 1. The number of aryl methyl sites for hydroxylation is 1. The van der Waals surface area contributed by atoms with Crippen LogP contribution in [0.2, 0.25) is 5.02 Å². The lowest BCUT2D eigenvalue weighted by Gasteiger charge is -2.37. The van der Waals surface area contributed by atoms with Crippen LogP contribution in [0.1, 0.15) is 28.6 Å². The first-order valence-electron chi connectivity index (χ1n) is 9.08. The number of methoxy groups -OCH3 is 1. The number of benzene rings is 2. The highest BCUT2D eigenvalue weighted by Gasteiger charge is 2.26. The minimum absolute atomic E-state index is 0.193. The normalized spacial score (nSPS) is 15.9. The lowest BCUT2D eigenvalue weighted by atomic mass is 9.97. The van der Waals surface area contributed by atoms with Gasteiger partial charge in [-0.15, -0.1) is 11.3 Å². The molecular formula is C21H18ClFN2O2S2. The zero-order valence-electron chi connectivity index (χ0n) is 15.8. The summed E-state index contributed by atoms with van der Waals surface area (Å²) in [6, 6.07) is 10.6. The van der Waals surface area contributed by atoms with E-state index in [2.05, 4.69) is 12.2 Å². The van der Waals surface area contributed by atoms with Gasteiger partial charge in [-0.2, -0.15) is 0 Å². The third-order valence-corrected chi connectivity index (χ3v) is 6.98. The smallest absolute Gasteiger partial charge is 0.349 e. The van der Waals surface area contributed by atoms with Gasteiger partial charge in [-0.1, -0.05) is 11.6 Å². The number of fused-ring (bicyclic) bond motifs is 2. The van der Waals surface area contributed by atoms with Crippen molar-refractivity contribution in [2.75, 3.05) is 17.3 Å². The number of thiocarbonyl (C=S) groups is 1. The van der Waals surface area contributed by atoms with Crippen molar-refractivity contribution in [3.63, 3.8) is 0 Å². The highest BCUT2D eigenvalue weighted by Crippen LogP contribution is 2.37. The Balaban J connectivity index is 1.63. The van der Waals surface area contributed by atoms with Crippen LogP contribution in [-0.2, 0) is 11.2 Å². The number of rotatable bonds is 2. The average Bonchev–Trinajstić information content (AvgIpc) is 3.03. The molecule has 0 saturated heterocycles. The quantitative estimate of drug-likeness (QED) is 0.383. The average molecular weight is 449 g/mol. The van der Waals surface area contributed by atoms with E-state index >= 15 is 0 Å². The molecule has 150 valence electrons. The highest BCUT2D eigenvalue weighted by atomic mass is 35.5. The Morgan fingerprint density at radius 2 is 2.14 bits per heavy atom. The van der Waals surface area contributed by atoms with Gasteiger partial charge >= 0.3 is 5.97 Å². The summed E-state index contributed by atoms with van der Waals surface area (Å²) in [4.78, 5) is 14.3. The van der Waals surface area contributed by atoms with Crippen LogP contribution in [0.5, 0.6) is 0 Å². The van der Waals surface area contributed by atoms with E-state index in [1.807, 2.05) is 23.1 Å². The summed E-state index contributed by atoms with van der Waals surface area (Å²) in [5.74, 6) is -0.689. The van der Waals surface area contributed by atoms with Crippen molar-refractivity contribution in [3.05, 3.63) is 57.7 Å². The SMILES string of the molecule is COC(=O)c1sc2cc(NC(=S)N3c4ccc(F)cc4CCC3C)ccc2c1Cl. The number of esters is 1. The molecule has 0 spiro atoms. The van der Waals surface area contributed by atoms with Gasteiger partial charge in [0.05, 0.1) is 12.1 Å². The maximum Gasteiger partial charge on any atom is 0.349 e. The molecule has 1 aliphatic rings. The van der Waals surface area contributed by atoms with Crippen molar-refractivity contribution in [1.82, 2.24) is 0 Å². The van der Waals surface area contributed by atoms with Gasteiger partial charge in [-0.25, -0.2) is 9.18 Å². The molecule has 0 bridgehead atoms. The molecule has 4 rings (SSSR count). The molecule has 4 nitrogen and oxygen atoms in total. The number of carbonyl (C=O) groups excluding carboxylic acids is 1. The Bertz CT molecular complexity index is 1130. The van der Waals surface area contributed by atoms with E-state index < -0.39 is 5.97 Å². The number of ether oxygens (including phenoxy) is 1. The van der Waals surface area contributed by atoms with Gasteiger partial charge in [0.25, 0.3) is 0 Å². The number of nitrogens with zero attached hydrogens (tertiary/aromatic N) is 1. The Labute approximate surface area is 182 Å². The molecule has 1 aliphatic heterocycles. The summed E-state index contributed by atoms with van der Waals surface area (Å²) >= 11 is 13.3. The molecule has 0 amide bonds. The topological polar surface area (TPSA) is 41.6 Å². The molecule has 1 N–H and O–H groups in total. The lowest BCUT2D eigenvalue weighted by molar-refractivity contribution is 0.0606. The molecule has 1 unspecified atom stereocenters. The van der Waals surface area contributed by atoms with Gasteiger partial charge in [0.15, 0.2) is 5.11 Å². The molecule has 2 heterocycles. The molecule has 1 atom stereocenters. The number of thiophene rings is 1. The maximum absolute atomic E-state index is 13.6. The van der Waals surface area contributed by atoms with Crippen LogP contribution in [0.3, 0.4) is 0 Å². The zero-order valence-corrected chi connectivity index (χ0v) is 18.2. The van der Waals surface area contributed by atoms with Crippen LogP contribution in [0.25, 0.3) is 10.1 Å². The Morgan fingerprint density at radius 3 is 2.90 bits per heavy atom. The minimum atomic E-state index is -0.452. The summed E-state index contributed by atoms with van der Waals surface area (Å²) in [5.41, 5.74) is 2.67. The highest BCUT2D eigenvalue weighted by molar-refractivity contribution is 7.80. The van der Waals surface area contributed by atoms with Crippen molar-refractivity contribution >= 4 is 67.7 Å². The largest absolute Gasteiger partial charge is 0.465 e. The Morgan fingerprint density at radius 1 is 1.34 bits per heavy atom. The molecule has 29 heavy (non-hydrogen) atoms. The van der Waals surface area contributed by atoms with Gasteiger partial charge in [0, 0.05) is 27.5 Å². The van der Waals surface area contributed by atoms with Crippen molar-refractivity contribution in [1.29, 1.82) is 0 Å². The Hall–Kier alpha value is -2.22. The van der Waals surface area contributed by atoms with Gasteiger partial charge in [-0.3, -0.25) is 0 Å². The Kier molecular flexibility index (Phi) is 5.46. The van der Waals surface area contributed by atoms with E-state index in [1.165, 1.54) is 24.5 Å². The van der Waals surface area contributed by atoms with E-state index in [9.17, 15) is 9.18 Å². The molecule has 0 fully saturated rings. The van der Waals surface area contributed by atoms with Crippen LogP contribution in [0.15, 0.2) is 36.4 Å². The van der Waals surface area contributed by atoms with E-state index in [0.29, 0.717) is 15.0 Å². The zero-order chi connectivity index (χ0) is 20.7. The van der Waals surface area contributed by atoms with Gasteiger partial charge in [-0.05, 0) is 73.9 Å². The summed E-state index contributed by atoms with van der Waals surface area (Å²) < 4.78 is 19.3.